The lowest BCUT2D eigenvalue weighted by molar-refractivity contribution is -0.294. The second-order valence-corrected chi connectivity index (χ2v) is 11.7. The molecule has 7 unspecified atom stereocenters. The number of carbonyl (C=O) groups excluding carboxylic acids is 1. The Morgan fingerprint density at radius 3 is 1.92 bits per heavy atom. The molecule has 0 aliphatic carbocycles. The maximum Gasteiger partial charge on any atom is 0.416 e. The minimum Gasteiger partial charge on any atom is -0.479 e. The van der Waals surface area contributed by atoms with E-state index in [1.54, 1.807) is 0 Å². The zero-order valence-corrected chi connectivity index (χ0v) is 26.3. The van der Waals surface area contributed by atoms with E-state index in [9.17, 15) is 79.4 Å². The number of fused-ring (bicyclic) bond motifs is 1. The van der Waals surface area contributed by atoms with Gasteiger partial charge in [0.1, 0.15) is 18.3 Å². The van der Waals surface area contributed by atoms with Crippen molar-refractivity contribution in [3.63, 3.8) is 0 Å². The van der Waals surface area contributed by atoms with E-state index in [-0.39, 0.29) is 6.07 Å². The minimum absolute atomic E-state index is 0.177. The van der Waals surface area contributed by atoms with E-state index >= 15 is 0 Å². The summed E-state index contributed by atoms with van der Waals surface area (Å²) in [5.41, 5.74) is -6.60. The number of aliphatic carboxylic acids is 1. The molecular formula is C30H29F9N2O11. The van der Waals surface area contributed by atoms with Gasteiger partial charge in [-0.2, -0.15) is 39.5 Å². The first-order chi connectivity index (χ1) is 23.9. The number of amides is 2. The van der Waals surface area contributed by atoms with Crippen molar-refractivity contribution in [3.05, 3.63) is 64.2 Å². The first-order valence-electron chi connectivity index (χ1n) is 14.9. The number of nitrogens with zero attached hydrogens (tertiary/aromatic N) is 2. The van der Waals surface area contributed by atoms with Crippen molar-refractivity contribution in [3.8, 4) is 0 Å². The number of halogens is 9. The van der Waals surface area contributed by atoms with E-state index in [1.165, 1.54) is 0 Å². The molecule has 288 valence electrons. The van der Waals surface area contributed by atoms with Gasteiger partial charge in [0.15, 0.2) is 12.4 Å². The molecule has 4 rings (SSSR count). The standard InChI is InChI=1S/C30H29F9N2O11/c1-50-27(49)40(11-12-6-14(29(34,35)36)8-15(7-12)30(37,38)39)19-10-16(4-5-51-25-22(44)20(42)21(43)23(52-25)24(45)46)41(26(47)48)18-3-2-13(9-17(18)19)28(31,32)33/h2-3,6-9,16,19-23,25,42-44H,4-5,10-11H2,1H3,(H,45,46)(H,47,48). The van der Waals surface area contributed by atoms with Gasteiger partial charge in [0.05, 0.1) is 42.1 Å². The summed E-state index contributed by atoms with van der Waals surface area (Å²) in [7, 11) is 0.776. The number of hydrogen-bond acceptors (Lipinski definition) is 9. The predicted molar refractivity (Wildman–Crippen MR) is 152 cm³/mol. The van der Waals surface area contributed by atoms with Crippen LogP contribution in [-0.4, -0.2) is 99.1 Å². The van der Waals surface area contributed by atoms with Gasteiger partial charge < -0.3 is 39.7 Å². The van der Waals surface area contributed by atoms with Crippen LogP contribution in [0.15, 0.2) is 36.4 Å². The van der Waals surface area contributed by atoms with Gasteiger partial charge in [-0.25, -0.2) is 14.4 Å². The Labute approximate surface area is 286 Å². The number of hydrogen-bond donors (Lipinski definition) is 5. The van der Waals surface area contributed by atoms with Crippen LogP contribution in [0, 0.1) is 0 Å². The normalized spacial score (nSPS) is 25.3. The van der Waals surface area contributed by atoms with E-state index < -0.39 is 139 Å². The Bertz CT molecular complexity index is 1620. The van der Waals surface area contributed by atoms with Crippen molar-refractivity contribution >= 4 is 23.8 Å². The molecule has 22 heteroatoms. The highest BCUT2D eigenvalue weighted by Gasteiger charge is 2.48. The highest BCUT2D eigenvalue weighted by molar-refractivity contribution is 5.89. The van der Waals surface area contributed by atoms with Crippen molar-refractivity contribution in [2.45, 2.75) is 80.7 Å². The first kappa shape index (κ1) is 40.4. The van der Waals surface area contributed by atoms with E-state index in [1.807, 2.05) is 0 Å². The van der Waals surface area contributed by atoms with E-state index in [0.29, 0.717) is 34.1 Å². The van der Waals surface area contributed by atoms with Gasteiger partial charge in [0.2, 0.25) is 0 Å². The average molecular weight is 765 g/mol. The molecule has 52 heavy (non-hydrogen) atoms. The Morgan fingerprint density at radius 1 is 0.846 bits per heavy atom. The lowest BCUT2D eigenvalue weighted by Gasteiger charge is -2.43. The number of carboxylic acid groups (broad SMARTS) is 2. The molecule has 0 saturated carbocycles. The molecule has 2 aliphatic heterocycles. The summed E-state index contributed by atoms with van der Waals surface area (Å²) in [5.74, 6) is -1.75. The molecule has 2 aliphatic rings. The molecule has 2 heterocycles. The lowest BCUT2D eigenvalue weighted by atomic mass is 9.87. The van der Waals surface area contributed by atoms with E-state index in [4.69, 9.17) is 14.2 Å². The fourth-order valence-corrected chi connectivity index (χ4v) is 5.94. The molecule has 0 aromatic heterocycles. The van der Waals surface area contributed by atoms with E-state index in [2.05, 4.69) is 0 Å². The second kappa shape index (κ2) is 14.9. The predicted octanol–water partition coefficient (Wildman–Crippen LogP) is 4.61. The minimum atomic E-state index is -5.30. The van der Waals surface area contributed by atoms with Crippen LogP contribution < -0.4 is 4.90 Å². The van der Waals surface area contributed by atoms with Gasteiger partial charge >= 0.3 is 36.7 Å². The molecule has 1 fully saturated rings. The number of aliphatic hydroxyl groups is 3. The molecule has 13 nitrogen and oxygen atoms in total. The zero-order valence-electron chi connectivity index (χ0n) is 26.3. The van der Waals surface area contributed by atoms with Gasteiger partial charge in [-0.1, -0.05) is 0 Å². The molecule has 2 aromatic carbocycles. The van der Waals surface area contributed by atoms with Crippen LogP contribution in [-0.2, 0) is 44.1 Å². The van der Waals surface area contributed by atoms with Gasteiger partial charge in [-0.05, 0) is 60.4 Å². The first-order valence-corrected chi connectivity index (χ1v) is 14.9. The van der Waals surface area contributed by atoms with Gasteiger partial charge in [-0.15, -0.1) is 0 Å². The number of alkyl halides is 9. The summed E-state index contributed by atoms with van der Waals surface area (Å²) in [6.45, 7) is -1.75. The second-order valence-electron chi connectivity index (χ2n) is 11.7. The number of carbonyl (C=O) groups is 3. The van der Waals surface area contributed by atoms with Crippen molar-refractivity contribution in [2.75, 3.05) is 18.6 Å². The summed E-state index contributed by atoms with van der Waals surface area (Å²) in [6, 6.07) is -0.975. The third kappa shape index (κ3) is 8.62. The number of ether oxygens (including phenoxy) is 3. The van der Waals surface area contributed by atoms with Crippen LogP contribution >= 0.6 is 0 Å². The van der Waals surface area contributed by atoms with Crippen molar-refractivity contribution in [1.29, 1.82) is 0 Å². The van der Waals surface area contributed by atoms with Crippen LogP contribution in [0.2, 0.25) is 0 Å². The van der Waals surface area contributed by atoms with Crippen LogP contribution in [0.4, 0.5) is 54.8 Å². The molecule has 0 radical (unpaired) electrons. The summed E-state index contributed by atoms with van der Waals surface area (Å²) in [6.07, 6.45) is -30.1. The molecule has 5 N–H and O–H groups in total. The monoisotopic (exact) mass is 764 g/mol. The number of methoxy groups -OCH3 is 1. The number of aliphatic hydroxyl groups excluding tert-OH is 3. The number of rotatable bonds is 8. The maximum atomic E-state index is 13.8. The topological polar surface area (TPSA) is 187 Å². The lowest BCUT2D eigenvalue weighted by Crippen LogP contribution is -2.60. The summed E-state index contributed by atoms with van der Waals surface area (Å²) in [5, 5.41) is 49.5. The smallest absolute Gasteiger partial charge is 0.416 e. The Morgan fingerprint density at radius 2 is 1.42 bits per heavy atom. The van der Waals surface area contributed by atoms with Crippen molar-refractivity contribution in [1.82, 2.24) is 4.90 Å². The molecule has 0 bridgehead atoms. The number of anilines is 1. The maximum absolute atomic E-state index is 13.8. The third-order valence-corrected chi connectivity index (χ3v) is 8.37. The van der Waals surface area contributed by atoms with Crippen molar-refractivity contribution < 1.29 is 93.6 Å². The third-order valence-electron chi connectivity index (χ3n) is 8.37. The Balaban J connectivity index is 1.77. The van der Waals surface area contributed by atoms with Gasteiger partial charge in [0, 0.05) is 12.6 Å². The van der Waals surface area contributed by atoms with Crippen LogP contribution in [0.5, 0.6) is 0 Å². The molecule has 1 saturated heterocycles. The summed E-state index contributed by atoms with van der Waals surface area (Å²) < 4.78 is 138. The molecule has 2 amide bonds. The fraction of sp³-hybridized carbons (Fsp3) is 0.500. The molecule has 0 spiro atoms. The molecular weight excluding hydrogens is 735 g/mol. The van der Waals surface area contributed by atoms with Crippen molar-refractivity contribution in [2.24, 2.45) is 0 Å². The SMILES string of the molecule is COC(=O)N(Cc1cc(C(F)(F)F)cc(C(F)(F)F)c1)C1CC(CCOC2OC(C(=O)O)C(O)C(O)C2O)N(C(=O)O)c2ccc(C(F)(F)F)cc21. The molecule has 7 atom stereocenters. The van der Waals surface area contributed by atoms with Gasteiger partial charge in [-0.3, -0.25) is 9.80 Å². The fourth-order valence-electron chi connectivity index (χ4n) is 5.94. The summed E-state index contributed by atoms with van der Waals surface area (Å²) >= 11 is 0. The van der Waals surface area contributed by atoms with E-state index in [0.717, 1.165) is 13.2 Å². The van der Waals surface area contributed by atoms with Crippen LogP contribution in [0.25, 0.3) is 0 Å². The van der Waals surface area contributed by atoms with Crippen LogP contribution in [0.3, 0.4) is 0 Å². The highest BCUT2D eigenvalue weighted by Crippen LogP contribution is 2.45. The zero-order chi connectivity index (χ0) is 39.1. The molecule has 2 aromatic rings. The number of carboxylic acids is 1. The average Bonchev–Trinajstić information content (AvgIpc) is 3.04. The van der Waals surface area contributed by atoms with Crippen LogP contribution in [0.1, 0.15) is 46.7 Å². The quantitative estimate of drug-likeness (QED) is 0.237. The summed E-state index contributed by atoms with van der Waals surface area (Å²) in [4.78, 5) is 38.2. The highest BCUT2D eigenvalue weighted by atomic mass is 19.4. The Kier molecular flexibility index (Phi) is 11.6. The largest absolute Gasteiger partial charge is 0.479 e. The number of benzene rings is 2. The van der Waals surface area contributed by atoms with Gasteiger partial charge in [0.25, 0.3) is 0 Å². The Hall–Kier alpha value is -4.38.